The van der Waals surface area contributed by atoms with Crippen molar-refractivity contribution in [3.05, 3.63) is 41.4 Å². The number of rotatable bonds is 5. The lowest BCUT2D eigenvalue weighted by atomic mass is 10.1. The third-order valence-electron chi connectivity index (χ3n) is 4.74. The summed E-state index contributed by atoms with van der Waals surface area (Å²) < 4.78 is 7.05. The van der Waals surface area contributed by atoms with Gasteiger partial charge in [0.05, 0.1) is 23.6 Å². The van der Waals surface area contributed by atoms with Crippen LogP contribution in [0.15, 0.2) is 30.9 Å². The molecule has 0 bridgehead atoms. The maximum absolute atomic E-state index is 10.2. The summed E-state index contributed by atoms with van der Waals surface area (Å²) >= 11 is 6.05. The van der Waals surface area contributed by atoms with Gasteiger partial charge < -0.3 is 31.1 Å². The van der Waals surface area contributed by atoms with E-state index in [0.29, 0.717) is 34.2 Å². The molecule has 0 aliphatic carbocycles. The fraction of sp³-hybridized carbons (Fsp3) is 0.353. The van der Waals surface area contributed by atoms with Crippen molar-refractivity contribution in [3.8, 4) is 0 Å². The number of fused-ring (bicyclic) bond motifs is 1. The van der Waals surface area contributed by atoms with Crippen LogP contribution >= 0.6 is 11.6 Å². The van der Waals surface area contributed by atoms with Gasteiger partial charge in [-0.1, -0.05) is 23.7 Å². The van der Waals surface area contributed by atoms with Gasteiger partial charge in [0.1, 0.15) is 24.6 Å². The summed E-state index contributed by atoms with van der Waals surface area (Å²) in [7, 11) is 0. The van der Waals surface area contributed by atoms with Crippen LogP contribution in [0.5, 0.6) is 0 Å². The fourth-order valence-corrected chi connectivity index (χ4v) is 3.39. The van der Waals surface area contributed by atoms with Gasteiger partial charge in [-0.25, -0.2) is 15.0 Å². The van der Waals surface area contributed by atoms with Crippen molar-refractivity contribution in [1.82, 2.24) is 19.5 Å². The predicted molar refractivity (Wildman–Crippen MR) is 102 cm³/mol. The molecule has 6 N–H and O–H groups in total. The number of hydrogen-bond donors (Lipinski definition) is 5. The van der Waals surface area contributed by atoms with Crippen LogP contribution in [0.2, 0.25) is 5.02 Å². The van der Waals surface area contributed by atoms with E-state index in [9.17, 15) is 15.3 Å². The number of halogens is 1. The van der Waals surface area contributed by atoms with Crippen LogP contribution in [0.4, 0.5) is 11.5 Å². The van der Waals surface area contributed by atoms with Crippen LogP contribution < -0.4 is 11.1 Å². The zero-order valence-corrected chi connectivity index (χ0v) is 15.4. The lowest BCUT2D eigenvalue weighted by Gasteiger charge is -2.16. The van der Waals surface area contributed by atoms with Gasteiger partial charge in [-0.05, 0) is 11.6 Å². The Balaban J connectivity index is 1.61. The number of ether oxygens (including phenoxy) is 1. The van der Waals surface area contributed by atoms with Crippen LogP contribution in [0.1, 0.15) is 11.8 Å². The second-order valence-corrected chi connectivity index (χ2v) is 6.85. The maximum atomic E-state index is 10.2. The lowest BCUT2D eigenvalue weighted by Crippen LogP contribution is -2.33. The van der Waals surface area contributed by atoms with Crippen molar-refractivity contribution in [1.29, 1.82) is 0 Å². The summed E-state index contributed by atoms with van der Waals surface area (Å²) in [4.78, 5) is 12.7. The zero-order valence-electron chi connectivity index (χ0n) is 14.6. The van der Waals surface area contributed by atoms with E-state index in [1.54, 1.807) is 6.07 Å². The maximum Gasteiger partial charge on any atom is 0.167 e. The number of hydrogen-bond acceptors (Lipinski definition) is 9. The van der Waals surface area contributed by atoms with E-state index >= 15 is 0 Å². The number of anilines is 2. The molecule has 4 rings (SSSR count). The molecule has 3 heterocycles. The van der Waals surface area contributed by atoms with Gasteiger partial charge in [-0.3, -0.25) is 4.57 Å². The Morgan fingerprint density at radius 3 is 2.79 bits per heavy atom. The van der Waals surface area contributed by atoms with E-state index in [-0.39, 0.29) is 0 Å². The van der Waals surface area contributed by atoms with Crippen LogP contribution in [-0.2, 0) is 11.3 Å². The summed E-state index contributed by atoms with van der Waals surface area (Å²) in [5.74, 6) is 0.467. The number of aliphatic hydroxyl groups is 3. The minimum absolute atomic E-state index is 0.374. The minimum Gasteiger partial charge on any atom is -0.397 e. The molecule has 1 fully saturated rings. The van der Waals surface area contributed by atoms with Crippen molar-refractivity contribution in [3.63, 3.8) is 0 Å². The third-order valence-corrected chi connectivity index (χ3v) is 5.07. The average Bonchev–Trinajstić information content (AvgIpc) is 3.25. The number of nitrogen functional groups attached to an aromatic ring is 1. The summed E-state index contributed by atoms with van der Waals surface area (Å²) in [5.41, 5.74) is 8.15. The number of nitrogens with one attached hydrogen (secondary N) is 1. The second-order valence-electron chi connectivity index (χ2n) is 6.44. The van der Waals surface area contributed by atoms with E-state index in [1.807, 2.05) is 12.1 Å². The largest absolute Gasteiger partial charge is 0.397 e. The average molecular weight is 407 g/mol. The molecule has 1 aliphatic heterocycles. The van der Waals surface area contributed by atoms with E-state index in [1.165, 1.54) is 17.2 Å². The predicted octanol–water partition coefficient (Wildman–Crippen LogP) is 0.285. The molecule has 3 aromatic rings. The van der Waals surface area contributed by atoms with Crippen molar-refractivity contribution in [2.75, 3.05) is 17.7 Å². The summed E-state index contributed by atoms with van der Waals surface area (Å²) in [6.07, 6.45) is -1.46. The highest BCUT2D eigenvalue weighted by atomic mass is 35.5. The van der Waals surface area contributed by atoms with Crippen molar-refractivity contribution in [2.45, 2.75) is 31.1 Å². The molecule has 1 aromatic carbocycles. The minimum atomic E-state index is -1.23. The van der Waals surface area contributed by atoms with Gasteiger partial charge in [0.2, 0.25) is 0 Å². The standard InChI is InChI=1S/C17H19ClN6O4/c18-9-3-1-2-8(11(9)19)4-20-15-12-16(22-6-21-15)24(7-23-12)17-14(27)13(26)10(5-25)28-17/h1-3,6-7,10,13-14,17,25-27H,4-5,19H2,(H,20,21,22)/t10-,13-,14-,17-/m1/s1. The van der Waals surface area contributed by atoms with Crippen LogP contribution in [0.3, 0.4) is 0 Å². The number of aromatic nitrogens is 4. The molecule has 0 radical (unpaired) electrons. The first-order valence-corrected chi connectivity index (χ1v) is 8.95. The molecule has 10 nitrogen and oxygen atoms in total. The van der Waals surface area contributed by atoms with Gasteiger partial charge >= 0.3 is 0 Å². The van der Waals surface area contributed by atoms with Crippen LogP contribution in [-0.4, -0.2) is 59.8 Å². The van der Waals surface area contributed by atoms with Crippen molar-refractivity contribution in [2.24, 2.45) is 0 Å². The number of nitrogens with zero attached hydrogens (tertiary/aromatic N) is 4. The molecule has 28 heavy (non-hydrogen) atoms. The topological polar surface area (TPSA) is 152 Å². The molecule has 148 valence electrons. The number of para-hydroxylation sites is 1. The van der Waals surface area contributed by atoms with Crippen LogP contribution in [0, 0.1) is 0 Å². The van der Waals surface area contributed by atoms with Gasteiger partial charge in [-0.15, -0.1) is 0 Å². The molecule has 1 aliphatic rings. The number of aliphatic hydroxyl groups excluding tert-OH is 3. The van der Waals surface area contributed by atoms with Crippen molar-refractivity contribution < 1.29 is 20.1 Å². The molecular formula is C17H19ClN6O4. The quantitative estimate of drug-likeness (QED) is 0.376. The zero-order chi connectivity index (χ0) is 19.8. The molecular weight excluding hydrogens is 388 g/mol. The molecule has 4 atom stereocenters. The second kappa shape index (κ2) is 7.49. The van der Waals surface area contributed by atoms with Gasteiger partial charge in [0.15, 0.2) is 23.2 Å². The SMILES string of the molecule is Nc1c(Cl)cccc1CNc1ncnc2c1ncn2[C@@H]1O[C@H](CO)[C@@H](O)[C@H]1O. The lowest BCUT2D eigenvalue weighted by molar-refractivity contribution is -0.0511. The molecule has 0 unspecified atom stereocenters. The molecule has 0 amide bonds. The Morgan fingerprint density at radius 1 is 1.21 bits per heavy atom. The highest BCUT2D eigenvalue weighted by Crippen LogP contribution is 2.32. The Bertz CT molecular complexity index is 999. The molecule has 1 saturated heterocycles. The molecule has 0 spiro atoms. The highest BCUT2D eigenvalue weighted by Gasteiger charge is 2.44. The third kappa shape index (κ3) is 3.15. The van der Waals surface area contributed by atoms with Gasteiger partial charge in [0, 0.05) is 6.54 Å². The normalized spacial score (nSPS) is 24.7. The Morgan fingerprint density at radius 2 is 2.04 bits per heavy atom. The Hall–Kier alpha value is -2.50. The first kappa shape index (κ1) is 18.8. The monoisotopic (exact) mass is 406 g/mol. The summed E-state index contributed by atoms with van der Waals surface area (Å²) in [6, 6.07) is 5.37. The summed E-state index contributed by atoms with van der Waals surface area (Å²) in [5, 5.41) is 33.1. The fourth-order valence-electron chi connectivity index (χ4n) is 3.19. The molecule has 0 saturated carbocycles. The van der Waals surface area contributed by atoms with Crippen LogP contribution in [0.25, 0.3) is 11.2 Å². The molecule has 2 aromatic heterocycles. The molecule has 11 heteroatoms. The van der Waals surface area contributed by atoms with Gasteiger partial charge in [0.25, 0.3) is 0 Å². The highest BCUT2D eigenvalue weighted by molar-refractivity contribution is 6.33. The van der Waals surface area contributed by atoms with E-state index in [4.69, 9.17) is 22.1 Å². The summed E-state index contributed by atoms with van der Waals surface area (Å²) in [6.45, 7) is -0.0383. The van der Waals surface area contributed by atoms with E-state index in [2.05, 4.69) is 20.3 Å². The number of benzene rings is 1. The first-order valence-electron chi connectivity index (χ1n) is 8.58. The Labute approximate surface area is 164 Å². The van der Waals surface area contributed by atoms with Crippen molar-refractivity contribution >= 4 is 34.3 Å². The van der Waals surface area contributed by atoms with E-state index in [0.717, 1.165) is 5.56 Å². The Kier molecular flexibility index (Phi) is 5.04. The smallest absolute Gasteiger partial charge is 0.167 e. The number of nitrogens with two attached hydrogens (primary N) is 1. The number of imidazole rings is 1. The first-order chi connectivity index (χ1) is 13.5. The van der Waals surface area contributed by atoms with E-state index < -0.39 is 31.1 Å². The van der Waals surface area contributed by atoms with Gasteiger partial charge in [-0.2, -0.15) is 0 Å².